The summed E-state index contributed by atoms with van der Waals surface area (Å²) >= 11 is 0. The molecule has 1 N–H and O–H groups in total. The van der Waals surface area contributed by atoms with E-state index >= 15 is 0 Å². The van der Waals surface area contributed by atoms with Gasteiger partial charge in [-0.05, 0) is 0 Å². The van der Waals surface area contributed by atoms with E-state index in [1.165, 1.54) is 0 Å². The molecule has 0 aliphatic heterocycles. The number of anilines is 1. The Bertz CT molecular complexity index is 168. The average molecular weight is 112 g/mol. The number of aryl methyl sites for hydroxylation is 1. The topological polar surface area (TPSA) is 42.7 Å². The first-order valence-corrected chi connectivity index (χ1v) is 2.36. The summed E-state index contributed by atoms with van der Waals surface area (Å²) in [5.74, 6) is 0.782. The fourth-order valence-electron chi connectivity index (χ4n) is 0.510. The SMILES string of the molecule is CNc1nncn1C. The minimum Gasteiger partial charge on any atom is -0.357 e. The molecule has 1 rings (SSSR count). The van der Waals surface area contributed by atoms with Crippen LogP contribution in [0.15, 0.2) is 6.33 Å². The molecule has 0 aromatic carbocycles. The molecule has 1 heterocycles. The van der Waals surface area contributed by atoms with Gasteiger partial charge in [0.15, 0.2) is 0 Å². The van der Waals surface area contributed by atoms with Crippen LogP contribution in [0, 0.1) is 0 Å². The summed E-state index contributed by atoms with van der Waals surface area (Å²) in [5, 5.41) is 10.2. The number of nitrogens with zero attached hydrogens (tertiary/aromatic N) is 3. The zero-order valence-corrected chi connectivity index (χ0v) is 4.92. The van der Waals surface area contributed by atoms with Crippen molar-refractivity contribution in [1.29, 1.82) is 0 Å². The van der Waals surface area contributed by atoms with Crippen molar-refractivity contribution < 1.29 is 0 Å². The molecule has 0 aliphatic rings. The van der Waals surface area contributed by atoms with Gasteiger partial charge in [-0.25, -0.2) is 0 Å². The number of hydrogen-bond acceptors (Lipinski definition) is 3. The zero-order valence-electron chi connectivity index (χ0n) is 4.92. The highest BCUT2D eigenvalue weighted by Crippen LogP contribution is 1.93. The van der Waals surface area contributed by atoms with Crippen LogP contribution in [0.3, 0.4) is 0 Å². The molecule has 4 heteroatoms. The van der Waals surface area contributed by atoms with E-state index in [1.54, 1.807) is 10.9 Å². The average Bonchev–Trinajstić information content (AvgIpc) is 2.14. The largest absolute Gasteiger partial charge is 0.357 e. The summed E-state index contributed by atoms with van der Waals surface area (Å²) in [6, 6.07) is 0. The summed E-state index contributed by atoms with van der Waals surface area (Å²) in [6.45, 7) is 0. The minimum atomic E-state index is 0.782. The molecule has 0 radical (unpaired) electrons. The molecule has 0 amide bonds. The molecule has 0 saturated heterocycles. The van der Waals surface area contributed by atoms with Gasteiger partial charge in [0.25, 0.3) is 0 Å². The Kier molecular flexibility index (Phi) is 1.15. The van der Waals surface area contributed by atoms with Crippen LogP contribution in [0.4, 0.5) is 5.95 Å². The zero-order chi connectivity index (χ0) is 5.98. The van der Waals surface area contributed by atoms with Gasteiger partial charge in [-0.3, -0.25) is 0 Å². The van der Waals surface area contributed by atoms with Crippen molar-refractivity contribution in [2.24, 2.45) is 7.05 Å². The van der Waals surface area contributed by atoms with Crippen LogP contribution in [0.1, 0.15) is 0 Å². The van der Waals surface area contributed by atoms with Gasteiger partial charge in [0, 0.05) is 14.1 Å². The van der Waals surface area contributed by atoms with Crippen molar-refractivity contribution in [1.82, 2.24) is 14.8 Å². The van der Waals surface area contributed by atoms with Crippen LogP contribution in [-0.2, 0) is 7.05 Å². The van der Waals surface area contributed by atoms with E-state index in [0.717, 1.165) is 5.95 Å². The third-order valence-corrected chi connectivity index (χ3v) is 0.935. The fourth-order valence-corrected chi connectivity index (χ4v) is 0.510. The molecule has 4 nitrogen and oxygen atoms in total. The summed E-state index contributed by atoms with van der Waals surface area (Å²) in [7, 11) is 3.69. The van der Waals surface area contributed by atoms with Crippen molar-refractivity contribution in [2.75, 3.05) is 12.4 Å². The lowest BCUT2D eigenvalue weighted by molar-refractivity contribution is 0.915. The lowest BCUT2D eigenvalue weighted by Crippen LogP contribution is -1.96. The van der Waals surface area contributed by atoms with E-state index in [-0.39, 0.29) is 0 Å². The van der Waals surface area contributed by atoms with Crippen LogP contribution in [-0.4, -0.2) is 21.8 Å². The maximum atomic E-state index is 3.74. The Labute approximate surface area is 47.5 Å². The predicted molar refractivity (Wildman–Crippen MR) is 30.5 cm³/mol. The Morgan fingerprint density at radius 2 is 2.50 bits per heavy atom. The van der Waals surface area contributed by atoms with E-state index in [1.807, 2.05) is 14.1 Å². The van der Waals surface area contributed by atoms with E-state index in [0.29, 0.717) is 0 Å². The lowest BCUT2D eigenvalue weighted by atomic mass is 10.9. The summed E-state index contributed by atoms with van der Waals surface area (Å²) < 4.78 is 1.81. The monoisotopic (exact) mass is 112 g/mol. The summed E-state index contributed by atoms with van der Waals surface area (Å²) in [5.41, 5.74) is 0. The second-order valence-electron chi connectivity index (χ2n) is 1.52. The highest BCUT2D eigenvalue weighted by Gasteiger charge is 1.91. The van der Waals surface area contributed by atoms with E-state index in [4.69, 9.17) is 0 Å². The lowest BCUT2D eigenvalue weighted by Gasteiger charge is -1.93. The molecule has 0 aliphatic carbocycles. The van der Waals surface area contributed by atoms with Crippen LogP contribution in [0.2, 0.25) is 0 Å². The van der Waals surface area contributed by atoms with Crippen LogP contribution in [0.25, 0.3) is 0 Å². The van der Waals surface area contributed by atoms with E-state index in [2.05, 4.69) is 15.5 Å². The van der Waals surface area contributed by atoms with E-state index < -0.39 is 0 Å². The first kappa shape index (κ1) is 5.08. The fraction of sp³-hybridized carbons (Fsp3) is 0.500. The maximum absolute atomic E-state index is 3.74. The molecule has 44 valence electrons. The van der Waals surface area contributed by atoms with Gasteiger partial charge in [-0.15, -0.1) is 10.2 Å². The third-order valence-electron chi connectivity index (χ3n) is 0.935. The predicted octanol–water partition coefficient (Wildman–Crippen LogP) is -0.143. The normalized spacial score (nSPS) is 9.25. The van der Waals surface area contributed by atoms with Crippen LogP contribution in [0.5, 0.6) is 0 Å². The van der Waals surface area contributed by atoms with Crippen molar-refractivity contribution in [3.05, 3.63) is 6.33 Å². The first-order chi connectivity index (χ1) is 3.84. The van der Waals surface area contributed by atoms with Gasteiger partial charge in [0.05, 0.1) is 0 Å². The van der Waals surface area contributed by atoms with E-state index in [9.17, 15) is 0 Å². The van der Waals surface area contributed by atoms with Gasteiger partial charge in [-0.1, -0.05) is 0 Å². The highest BCUT2D eigenvalue weighted by molar-refractivity contribution is 5.20. The second-order valence-corrected chi connectivity index (χ2v) is 1.52. The van der Waals surface area contributed by atoms with Crippen molar-refractivity contribution in [3.8, 4) is 0 Å². The minimum absolute atomic E-state index is 0.782. The standard InChI is InChI=1S/C4H8N4/c1-5-4-7-6-3-8(4)2/h3H,1-2H3,(H,5,7). The van der Waals surface area contributed by atoms with Gasteiger partial charge in [-0.2, -0.15) is 0 Å². The molecule has 1 aromatic rings. The van der Waals surface area contributed by atoms with Crippen molar-refractivity contribution in [3.63, 3.8) is 0 Å². The number of rotatable bonds is 1. The Morgan fingerprint density at radius 1 is 1.75 bits per heavy atom. The maximum Gasteiger partial charge on any atom is 0.223 e. The Morgan fingerprint density at radius 3 is 2.75 bits per heavy atom. The van der Waals surface area contributed by atoms with Gasteiger partial charge in [0.2, 0.25) is 5.95 Å². The number of aromatic nitrogens is 3. The van der Waals surface area contributed by atoms with Crippen LogP contribution >= 0.6 is 0 Å². The molecule has 1 aromatic heterocycles. The third kappa shape index (κ3) is 0.641. The molecular formula is C4H8N4. The Balaban J connectivity index is 2.92. The summed E-state index contributed by atoms with van der Waals surface area (Å²) in [4.78, 5) is 0. The molecule has 0 unspecified atom stereocenters. The molecule has 0 atom stereocenters. The molecule has 0 bridgehead atoms. The quantitative estimate of drug-likeness (QED) is 0.549. The molecule has 0 saturated carbocycles. The van der Waals surface area contributed by atoms with Crippen molar-refractivity contribution in [2.45, 2.75) is 0 Å². The highest BCUT2D eigenvalue weighted by atomic mass is 15.3. The molecule has 8 heavy (non-hydrogen) atoms. The second kappa shape index (κ2) is 1.81. The summed E-state index contributed by atoms with van der Waals surface area (Å²) in [6.07, 6.45) is 1.64. The van der Waals surface area contributed by atoms with Crippen molar-refractivity contribution >= 4 is 5.95 Å². The number of hydrogen-bond donors (Lipinski definition) is 1. The molecule has 0 spiro atoms. The molecule has 0 fully saturated rings. The molecular weight excluding hydrogens is 104 g/mol. The first-order valence-electron chi connectivity index (χ1n) is 2.36. The van der Waals surface area contributed by atoms with Gasteiger partial charge >= 0.3 is 0 Å². The Hall–Kier alpha value is -1.06. The smallest absolute Gasteiger partial charge is 0.223 e. The van der Waals surface area contributed by atoms with Gasteiger partial charge < -0.3 is 9.88 Å². The number of nitrogens with one attached hydrogen (secondary N) is 1. The van der Waals surface area contributed by atoms with Crippen LogP contribution < -0.4 is 5.32 Å². The van der Waals surface area contributed by atoms with Gasteiger partial charge in [0.1, 0.15) is 6.33 Å².